The van der Waals surface area contributed by atoms with Crippen molar-refractivity contribution in [2.24, 2.45) is 11.8 Å². The van der Waals surface area contributed by atoms with Crippen LogP contribution in [0.2, 0.25) is 0 Å². The van der Waals surface area contributed by atoms with Crippen molar-refractivity contribution >= 4 is 17.7 Å². The van der Waals surface area contributed by atoms with Gasteiger partial charge in [0.1, 0.15) is 5.82 Å². The van der Waals surface area contributed by atoms with Gasteiger partial charge >= 0.3 is 0 Å². The molecule has 3 heterocycles. The molecule has 1 aliphatic rings. The number of hydrogen-bond acceptors (Lipinski definition) is 6. The van der Waals surface area contributed by atoms with Crippen molar-refractivity contribution in [2.45, 2.75) is 6.92 Å². The van der Waals surface area contributed by atoms with Crippen molar-refractivity contribution in [3.05, 3.63) is 24.4 Å². The van der Waals surface area contributed by atoms with E-state index in [4.69, 9.17) is 0 Å². The van der Waals surface area contributed by atoms with Crippen LogP contribution in [0.3, 0.4) is 0 Å². The molecule has 0 aromatic carbocycles. The van der Waals surface area contributed by atoms with Gasteiger partial charge in [-0.25, -0.2) is 4.98 Å². The predicted octanol–water partition coefficient (Wildman–Crippen LogP) is 0.306. The van der Waals surface area contributed by atoms with Gasteiger partial charge < -0.3 is 4.90 Å². The highest BCUT2D eigenvalue weighted by Crippen LogP contribution is 2.27. The minimum absolute atomic E-state index is 0.0858. The third kappa shape index (κ3) is 2.44. The van der Waals surface area contributed by atoms with E-state index in [2.05, 4.69) is 42.7 Å². The average Bonchev–Trinajstić information content (AvgIpc) is 3.09. The zero-order chi connectivity index (χ0) is 13.9. The molecule has 2 aromatic heterocycles. The van der Waals surface area contributed by atoms with Gasteiger partial charge in [-0.05, 0) is 23.3 Å². The summed E-state index contributed by atoms with van der Waals surface area (Å²) in [4.78, 5) is 18.7. The van der Waals surface area contributed by atoms with Crippen molar-refractivity contribution < 1.29 is 4.79 Å². The normalized spacial score (nSPS) is 21.9. The van der Waals surface area contributed by atoms with Gasteiger partial charge in [-0.1, -0.05) is 18.1 Å². The summed E-state index contributed by atoms with van der Waals surface area (Å²) < 4.78 is 0. The van der Waals surface area contributed by atoms with Crippen molar-refractivity contribution in [1.82, 2.24) is 25.6 Å². The molecule has 8 heteroatoms. The minimum atomic E-state index is -0.115. The number of pyridine rings is 1. The Morgan fingerprint density at radius 2 is 2.35 bits per heavy atom. The maximum atomic E-state index is 12.2. The summed E-state index contributed by atoms with van der Waals surface area (Å²) >= 11 is 0. The van der Waals surface area contributed by atoms with Crippen LogP contribution in [0.5, 0.6) is 0 Å². The fourth-order valence-electron chi connectivity index (χ4n) is 2.45. The van der Waals surface area contributed by atoms with Crippen molar-refractivity contribution in [3.63, 3.8) is 0 Å². The Bertz CT molecular complexity index is 571. The van der Waals surface area contributed by atoms with Gasteiger partial charge in [0.25, 0.3) is 5.95 Å². The summed E-state index contributed by atoms with van der Waals surface area (Å²) in [6.45, 7) is 3.51. The number of nitrogens with one attached hydrogen (secondary N) is 2. The van der Waals surface area contributed by atoms with E-state index in [0.717, 1.165) is 12.4 Å². The lowest BCUT2D eigenvalue weighted by molar-refractivity contribution is -0.120. The summed E-state index contributed by atoms with van der Waals surface area (Å²) in [5, 5.41) is 15.8. The van der Waals surface area contributed by atoms with E-state index in [1.54, 1.807) is 6.20 Å². The summed E-state index contributed by atoms with van der Waals surface area (Å²) in [5.41, 5.74) is 0. The fraction of sp³-hybridized carbons (Fsp3) is 0.417. The molecule has 3 rings (SSSR count). The van der Waals surface area contributed by atoms with Crippen LogP contribution in [0.4, 0.5) is 11.8 Å². The first-order chi connectivity index (χ1) is 9.74. The van der Waals surface area contributed by atoms with Crippen molar-refractivity contribution in [3.8, 4) is 0 Å². The molecule has 0 saturated carbocycles. The van der Waals surface area contributed by atoms with Crippen LogP contribution in [0.1, 0.15) is 6.92 Å². The average molecular weight is 273 g/mol. The van der Waals surface area contributed by atoms with E-state index >= 15 is 0 Å². The molecule has 1 aliphatic heterocycles. The van der Waals surface area contributed by atoms with Gasteiger partial charge in [0.15, 0.2) is 0 Å². The van der Waals surface area contributed by atoms with E-state index in [1.807, 2.05) is 18.2 Å². The van der Waals surface area contributed by atoms with Crippen LogP contribution in [-0.4, -0.2) is 44.6 Å². The first-order valence-electron chi connectivity index (χ1n) is 6.44. The number of amides is 1. The van der Waals surface area contributed by atoms with Crippen LogP contribution in [0.15, 0.2) is 24.4 Å². The minimum Gasteiger partial charge on any atom is -0.356 e. The van der Waals surface area contributed by atoms with Gasteiger partial charge in [0.05, 0.1) is 5.92 Å². The Labute approximate surface area is 115 Å². The third-order valence-electron chi connectivity index (χ3n) is 3.50. The van der Waals surface area contributed by atoms with Crippen LogP contribution in [-0.2, 0) is 4.79 Å². The molecule has 104 valence electrons. The highest BCUT2D eigenvalue weighted by molar-refractivity contribution is 5.91. The maximum Gasteiger partial charge on any atom is 0.269 e. The molecule has 2 atom stereocenters. The van der Waals surface area contributed by atoms with Crippen LogP contribution < -0.4 is 10.2 Å². The zero-order valence-corrected chi connectivity index (χ0v) is 11.0. The molecule has 1 saturated heterocycles. The summed E-state index contributed by atoms with van der Waals surface area (Å²) in [6, 6.07) is 5.77. The SMILES string of the molecule is C[C@@H]1CN(c2ccccn2)C[C@H]1C(=O)Nc1nn[nH]n1. The largest absolute Gasteiger partial charge is 0.356 e. The number of anilines is 2. The molecule has 20 heavy (non-hydrogen) atoms. The Hall–Kier alpha value is -2.51. The van der Waals surface area contributed by atoms with Crippen molar-refractivity contribution in [1.29, 1.82) is 0 Å². The number of H-pyrrole nitrogens is 1. The highest BCUT2D eigenvalue weighted by atomic mass is 16.2. The molecular formula is C12H15N7O. The fourth-order valence-corrected chi connectivity index (χ4v) is 2.45. The second kappa shape index (κ2) is 5.24. The van der Waals surface area contributed by atoms with Gasteiger partial charge in [-0.2, -0.15) is 5.21 Å². The molecule has 0 spiro atoms. The Kier molecular flexibility index (Phi) is 3.28. The standard InChI is InChI=1S/C12H15N7O/c1-8-6-19(10-4-2-3-5-13-10)7-9(8)11(20)14-12-15-17-18-16-12/h2-5,8-9H,6-7H2,1H3,(H2,14,15,16,17,18,20)/t8-,9-/m1/s1. The lowest BCUT2D eigenvalue weighted by atomic mass is 9.97. The number of rotatable bonds is 3. The number of aromatic nitrogens is 5. The van der Waals surface area contributed by atoms with E-state index in [-0.39, 0.29) is 23.7 Å². The molecule has 2 N–H and O–H groups in total. The number of carbonyl (C=O) groups excluding carboxylic acids is 1. The second-order valence-corrected chi connectivity index (χ2v) is 4.90. The third-order valence-corrected chi connectivity index (χ3v) is 3.50. The second-order valence-electron chi connectivity index (χ2n) is 4.90. The Balaban J connectivity index is 1.68. The zero-order valence-electron chi connectivity index (χ0n) is 11.0. The molecule has 0 bridgehead atoms. The first kappa shape index (κ1) is 12.5. The number of nitrogens with zero attached hydrogens (tertiary/aromatic N) is 5. The monoisotopic (exact) mass is 273 g/mol. The smallest absolute Gasteiger partial charge is 0.269 e. The highest BCUT2D eigenvalue weighted by Gasteiger charge is 2.35. The number of tetrazole rings is 1. The Morgan fingerprint density at radius 1 is 1.45 bits per heavy atom. The van der Waals surface area contributed by atoms with Gasteiger partial charge in [-0.15, -0.1) is 5.10 Å². The molecule has 0 unspecified atom stereocenters. The Morgan fingerprint density at radius 3 is 3.05 bits per heavy atom. The number of carbonyl (C=O) groups is 1. The summed E-state index contributed by atoms with van der Waals surface area (Å²) in [5.74, 6) is 1.14. The van der Waals surface area contributed by atoms with E-state index in [9.17, 15) is 4.79 Å². The first-order valence-corrected chi connectivity index (χ1v) is 6.44. The molecule has 2 aromatic rings. The van der Waals surface area contributed by atoms with Gasteiger partial charge in [0, 0.05) is 19.3 Å². The van der Waals surface area contributed by atoms with Crippen LogP contribution in [0, 0.1) is 11.8 Å². The van der Waals surface area contributed by atoms with Crippen LogP contribution in [0.25, 0.3) is 0 Å². The lowest BCUT2D eigenvalue weighted by Crippen LogP contribution is -2.29. The van der Waals surface area contributed by atoms with Crippen LogP contribution >= 0.6 is 0 Å². The molecule has 0 aliphatic carbocycles. The molecule has 8 nitrogen and oxygen atoms in total. The number of aromatic amines is 1. The molecule has 0 radical (unpaired) electrons. The quantitative estimate of drug-likeness (QED) is 0.834. The van der Waals surface area contributed by atoms with E-state index < -0.39 is 0 Å². The molecule has 1 fully saturated rings. The van der Waals surface area contributed by atoms with Gasteiger partial charge in [-0.3, -0.25) is 10.1 Å². The topological polar surface area (TPSA) is 99.7 Å². The predicted molar refractivity (Wildman–Crippen MR) is 71.9 cm³/mol. The maximum absolute atomic E-state index is 12.2. The van der Waals surface area contributed by atoms with E-state index in [1.165, 1.54) is 0 Å². The number of hydrogen-bond donors (Lipinski definition) is 2. The molecule has 1 amide bonds. The summed E-state index contributed by atoms with van der Waals surface area (Å²) in [6.07, 6.45) is 1.76. The van der Waals surface area contributed by atoms with E-state index in [0.29, 0.717) is 6.54 Å². The molecular weight excluding hydrogens is 258 g/mol. The van der Waals surface area contributed by atoms with Crippen molar-refractivity contribution in [2.75, 3.05) is 23.3 Å². The lowest BCUT2D eigenvalue weighted by Gasteiger charge is -2.16. The van der Waals surface area contributed by atoms with Gasteiger partial charge in [0.2, 0.25) is 5.91 Å². The summed E-state index contributed by atoms with van der Waals surface area (Å²) in [7, 11) is 0.